The number of nitrogens with one attached hydrogen (secondary N) is 1. The number of anilines is 1. The van der Waals surface area contributed by atoms with Crippen LogP contribution in [0.5, 0.6) is 5.75 Å². The third-order valence-corrected chi connectivity index (χ3v) is 3.42. The smallest absolute Gasteiger partial charge is 0.153 e. The first-order valence-electron chi connectivity index (χ1n) is 6.26. The molecule has 0 radical (unpaired) electrons. The lowest BCUT2D eigenvalue weighted by molar-refractivity contribution is 0.416. The third kappa shape index (κ3) is 2.34. The number of aromatic nitrogens is 4. The molecule has 0 atom stereocenters. The number of ether oxygens (including phenoxy) is 1. The number of nitrogens with two attached hydrogens (primary N) is 1. The number of aryl methyl sites for hydroxylation is 1. The Balaban J connectivity index is 2.24. The van der Waals surface area contributed by atoms with Crippen LogP contribution in [0.4, 0.5) is 5.82 Å². The molecule has 3 rings (SSSR count). The van der Waals surface area contributed by atoms with Crippen molar-refractivity contribution in [1.29, 1.82) is 0 Å². The van der Waals surface area contributed by atoms with Crippen LogP contribution >= 0.6 is 11.6 Å². The van der Waals surface area contributed by atoms with Crippen LogP contribution < -0.4 is 10.5 Å². The summed E-state index contributed by atoms with van der Waals surface area (Å²) in [6.07, 6.45) is 3.60. The molecular weight excluding hydrogens is 290 g/mol. The summed E-state index contributed by atoms with van der Waals surface area (Å²) in [5.74, 6) is 1.04. The minimum Gasteiger partial charge on any atom is -0.496 e. The van der Waals surface area contributed by atoms with Crippen molar-refractivity contribution in [2.24, 2.45) is 7.05 Å². The minimum absolute atomic E-state index is 0.371. The van der Waals surface area contributed by atoms with E-state index in [9.17, 15) is 0 Å². The summed E-state index contributed by atoms with van der Waals surface area (Å²) in [4.78, 5) is 4.33. The van der Waals surface area contributed by atoms with Gasteiger partial charge < -0.3 is 15.0 Å². The maximum Gasteiger partial charge on any atom is 0.153 e. The predicted molar refractivity (Wildman–Crippen MR) is 82.2 cm³/mol. The molecule has 3 aromatic rings. The van der Waals surface area contributed by atoms with Crippen LogP contribution in [0.3, 0.4) is 0 Å². The Kier molecular flexibility index (Phi) is 3.31. The summed E-state index contributed by atoms with van der Waals surface area (Å²) >= 11 is 6.10. The summed E-state index contributed by atoms with van der Waals surface area (Å²) in [6, 6.07) is 5.36. The molecule has 0 spiro atoms. The third-order valence-electron chi connectivity index (χ3n) is 3.19. The van der Waals surface area contributed by atoms with Crippen LogP contribution in [0.25, 0.3) is 22.5 Å². The van der Waals surface area contributed by atoms with Crippen LogP contribution in [0.1, 0.15) is 0 Å². The van der Waals surface area contributed by atoms with Gasteiger partial charge in [0.1, 0.15) is 11.4 Å². The lowest BCUT2D eigenvalue weighted by Gasteiger charge is -2.09. The van der Waals surface area contributed by atoms with E-state index in [0.717, 1.165) is 22.5 Å². The van der Waals surface area contributed by atoms with Gasteiger partial charge in [0.15, 0.2) is 5.82 Å². The standard InChI is InChI=1S/C14H14ClN5O/c1-20-6-10(17-7-20)13-12(14(16)19-18-13)9-5-8(15)3-4-11(9)21-2/h3-7H,1-2H3,(H3,16,18,19). The normalized spacial score (nSPS) is 10.8. The molecular formula is C14H14ClN5O. The van der Waals surface area contributed by atoms with E-state index in [1.165, 1.54) is 0 Å². The fourth-order valence-corrected chi connectivity index (χ4v) is 2.40. The van der Waals surface area contributed by atoms with E-state index >= 15 is 0 Å². The van der Waals surface area contributed by atoms with E-state index in [4.69, 9.17) is 22.1 Å². The summed E-state index contributed by atoms with van der Waals surface area (Å²) in [5.41, 5.74) is 9.00. The number of nitrogen functional groups attached to an aromatic ring is 1. The number of nitrogens with zero attached hydrogens (tertiary/aromatic N) is 3. The van der Waals surface area contributed by atoms with E-state index in [2.05, 4.69) is 15.2 Å². The molecule has 21 heavy (non-hydrogen) atoms. The van der Waals surface area contributed by atoms with Gasteiger partial charge in [-0.1, -0.05) is 11.6 Å². The minimum atomic E-state index is 0.371. The fourth-order valence-electron chi connectivity index (χ4n) is 2.23. The molecule has 6 nitrogen and oxygen atoms in total. The van der Waals surface area contributed by atoms with Gasteiger partial charge in [-0.15, -0.1) is 0 Å². The molecule has 7 heteroatoms. The second kappa shape index (κ2) is 5.14. The van der Waals surface area contributed by atoms with Crippen molar-refractivity contribution in [3.8, 4) is 28.3 Å². The van der Waals surface area contributed by atoms with Crippen molar-refractivity contribution in [2.75, 3.05) is 12.8 Å². The van der Waals surface area contributed by atoms with Gasteiger partial charge in [-0.2, -0.15) is 5.10 Å². The zero-order valence-corrected chi connectivity index (χ0v) is 12.3. The highest BCUT2D eigenvalue weighted by Crippen LogP contribution is 2.40. The van der Waals surface area contributed by atoms with E-state index in [-0.39, 0.29) is 0 Å². The van der Waals surface area contributed by atoms with Crippen molar-refractivity contribution in [2.45, 2.75) is 0 Å². The van der Waals surface area contributed by atoms with Gasteiger partial charge in [0, 0.05) is 23.8 Å². The Morgan fingerprint density at radius 1 is 1.38 bits per heavy atom. The molecule has 0 bridgehead atoms. The highest BCUT2D eigenvalue weighted by Gasteiger charge is 2.20. The number of imidazole rings is 1. The molecule has 0 saturated carbocycles. The van der Waals surface area contributed by atoms with Crippen molar-refractivity contribution in [3.63, 3.8) is 0 Å². The number of methoxy groups -OCH3 is 1. The number of rotatable bonds is 3. The largest absolute Gasteiger partial charge is 0.496 e. The SMILES string of the molecule is COc1ccc(Cl)cc1-c1c(N)n[nH]c1-c1cn(C)cn1. The Labute approximate surface area is 126 Å². The average molecular weight is 304 g/mol. The zero-order valence-electron chi connectivity index (χ0n) is 11.6. The van der Waals surface area contributed by atoms with Gasteiger partial charge in [-0.25, -0.2) is 4.98 Å². The maximum atomic E-state index is 6.10. The summed E-state index contributed by atoms with van der Waals surface area (Å²) in [5, 5.41) is 7.61. The molecule has 0 fully saturated rings. The van der Waals surface area contributed by atoms with Gasteiger partial charge in [0.2, 0.25) is 0 Å². The quantitative estimate of drug-likeness (QED) is 0.779. The molecule has 0 unspecified atom stereocenters. The number of hydrogen-bond acceptors (Lipinski definition) is 4. The Hall–Kier alpha value is -2.47. The Bertz CT molecular complexity index is 793. The summed E-state index contributed by atoms with van der Waals surface area (Å²) < 4.78 is 7.25. The van der Waals surface area contributed by atoms with Crippen molar-refractivity contribution >= 4 is 17.4 Å². The van der Waals surface area contributed by atoms with Crippen molar-refractivity contribution < 1.29 is 4.74 Å². The first-order valence-corrected chi connectivity index (χ1v) is 6.64. The zero-order chi connectivity index (χ0) is 15.0. The number of halogens is 1. The van der Waals surface area contributed by atoms with Crippen LogP contribution in [0, 0.1) is 0 Å². The van der Waals surface area contributed by atoms with Crippen molar-refractivity contribution in [1.82, 2.24) is 19.7 Å². The summed E-state index contributed by atoms with van der Waals surface area (Å²) in [7, 11) is 3.50. The highest BCUT2D eigenvalue weighted by atomic mass is 35.5. The Morgan fingerprint density at radius 2 is 2.19 bits per heavy atom. The molecule has 1 aromatic carbocycles. The second-order valence-electron chi connectivity index (χ2n) is 4.63. The molecule has 2 aromatic heterocycles. The topological polar surface area (TPSA) is 81.8 Å². The molecule has 3 N–H and O–H groups in total. The van der Waals surface area contributed by atoms with E-state index in [1.54, 1.807) is 31.6 Å². The predicted octanol–water partition coefficient (Wildman–Crippen LogP) is 2.72. The molecule has 2 heterocycles. The van der Waals surface area contributed by atoms with Gasteiger partial charge in [-0.3, -0.25) is 5.10 Å². The van der Waals surface area contributed by atoms with E-state index in [0.29, 0.717) is 16.6 Å². The van der Waals surface area contributed by atoms with Crippen molar-refractivity contribution in [3.05, 3.63) is 35.7 Å². The number of hydrogen-bond donors (Lipinski definition) is 2. The molecule has 108 valence electrons. The number of benzene rings is 1. The van der Waals surface area contributed by atoms with Gasteiger partial charge >= 0.3 is 0 Å². The van der Waals surface area contributed by atoms with Gasteiger partial charge in [0.05, 0.1) is 24.7 Å². The lowest BCUT2D eigenvalue weighted by Crippen LogP contribution is -1.93. The van der Waals surface area contributed by atoms with Gasteiger partial charge in [0.25, 0.3) is 0 Å². The first kappa shape index (κ1) is 13.5. The fraction of sp³-hybridized carbons (Fsp3) is 0.143. The molecule has 0 aliphatic carbocycles. The van der Waals surface area contributed by atoms with Gasteiger partial charge in [-0.05, 0) is 18.2 Å². The molecule has 0 amide bonds. The first-order chi connectivity index (χ1) is 10.1. The molecule has 0 aliphatic rings. The van der Waals surface area contributed by atoms with Crippen LogP contribution in [0.2, 0.25) is 5.02 Å². The summed E-state index contributed by atoms with van der Waals surface area (Å²) in [6.45, 7) is 0. The Morgan fingerprint density at radius 3 is 2.86 bits per heavy atom. The van der Waals surface area contributed by atoms with Crippen LogP contribution in [-0.4, -0.2) is 26.9 Å². The number of H-pyrrole nitrogens is 1. The molecule has 0 saturated heterocycles. The van der Waals surface area contributed by atoms with E-state index in [1.807, 2.05) is 17.8 Å². The average Bonchev–Trinajstić information content (AvgIpc) is 3.04. The van der Waals surface area contributed by atoms with Crippen LogP contribution in [0.15, 0.2) is 30.7 Å². The van der Waals surface area contributed by atoms with Crippen LogP contribution in [-0.2, 0) is 7.05 Å². The molecule has 0 aliphatic heterocycles. The highest BCUT2D eigenvalue weighted by molar-refractivity contribution is 6.31. The number of aromatic amines is 1. The maximum absolute atomic E-state index is 6.10. The second-order valence-corrected chi connectivity index (χ2v) is 5.06. The monoisotopic (exact) mass is 303 g/mol. The lowest BCUT2D eigenvalue weighted by atomic mass is 10.0. The van der Waals surface area contributed by atoms with E-state index < -0.39 is 0 Å².